The summed E-state index contributed by atoms with van der Waals surface area (Å²) in [5.41, 5.74) is 2.94. The zero-order valence-electron chi connectivity index (χ0n) is 14.7. The molecule has 0 aliphatic rings. The first kappa shape index (κ1) is 17.2. The van der Waals surface area contributed by atoms with Crippen molar-refractivity contribution in [1.29, 1.82) is 0 Å². The Hall–Kier alpha value is -3.18. The van der Waals surface area contributed by atoms with Crippen LogP contribution in [0.1, 0.15) is 20.8 Å². The highest BCUT2D eigenvalue weighted by Crippen LogP contribution is 2.35. The van der Waals surface area contributed by atoms with Crippen molar-refractivity contribution in [2.45, 2.75) is 6.42 Å². The second-order valence-corrected chi connectivity index (χ2v) is 7.59. The lowest BCUT2D eigenvalue weighted by atomic mass is 10.0. The maximum atomic E-state index is 12.3. The van der Waals surface area contributed by atoms with E-state index >= 15 is 0 Å². The molecule has 0 atom stereocenters. The number of hydrogen-bond acceptors (Lipinski definition) is 3. The zero-order chi connectivity index (χ0) is 19.0. The Morgan fingerprint density at radius 2 is 1.89 bits per heavy atom. The van der Waals surface area contributed by atoms with Crippen LogP contribution in [0.5, 0.6) is 0 Å². The van der Waals surface area contributed by atoms with Crippen molar-refractivity contribution in [3.63, 3.8) is 0 Å². The minimum Gasteiger partial charge on any atom is -0.478 e. The fourth-order valence-corrected chi connectivity index (χ4v) is 4.44. The second kappa shape index (κ2) is 6.85. The SMILES string of the molecule is Cn1cccc(Cc2cc3cccc(-c4cccc(C(=O)O)c4)c3s2)c1=O. The lowest BCUT2D eigenvalue weighted by molar-refractivity contribution is 0.0697. The lowest BCUT2D eigenvalue weighted by Crippen LogP contribution is -2.19. The Balaban J connectivity index is 1.79. The molecule has 0 bridgehead atoms. The number of pyridine rings is 1. The topological polar surface area (TPSA) is 59.3 Å². The molecule has 0 aliphatic heterocycles. The molecular formula is C22H17NO3S. The molecule has 4 nitrogen and oxygen atoms in total. The molecule has 2 aromatic heterocycles. The van der Waals surface area contributed by atoms with Crippen molar-refractivity contribution in [2.24, 2.45) is 7.05 Å². The Labute approximate surface area is 160 Å². The van der Waals surface area contributed by atoms with Crippen molar-refractivity contribution >= 4 is 27.4 Å². The first-order chi connectivity index (χ1) is 13.0. The summed E-state index contributed by atoms with van der Waals surface area (Å²) in [6, 6.07) is 18.9. The van der Waals surface area contributed by atoms with Gasteiger partial charge in [0.05, 0.1) is 5.56 Å². The number of hydrogen-bond donors (Lipinski definition) is 1. The van der Waals surface area contributed by atoms with Gasteiger partial charge in [-0.05, 0) is 40.8 Å². The molecule has 0 fully saturated rings. The first-order valence-corrected chi connectivity index (χ1v) is 9.34. The largest absolute Gasteiger partial charge is 0.478 e. The standard InChI is InChI=1S/C22H17NO3S/c1-23-10-4-8-16(21(23)24)13-18-12-15-6-3-9-19(20(15)27-18)14-5-2-7-17(11-14)22(25)26/h2-12H,13H2,1H3,(H,25,26). The molecule has 4 aromatic rings. The molecule has 1 N–H and O–H groups in total. The van der Waals surface area contributed by atoms with Crippen LogP contribution < -0.4 is 5.56 Å². The quantitative estimate of drug-likeness (QED) is 0.569. The number of carboxylic acid groups (broad SMARTS) is 1. The van der Waals surface area contributed by atoms with Crippen molar-refractivity contribution in [2.75, 3.05) is 0 Å². The van der Waals surface area contributed by atoms with Gasteiger partial charge in [0.2, 0.25) is 0 Å². The summed E-state index contributed by atoms with van der Waals surface area (Å²) >= 11 is 1.65. The van der Waals surface area contributed by atoms with Gasteiger partial charge in [0.25, 0.3) is 5.56 Å². The monoisotopic (exact) mass is 375 g/mol. The number of nitrogens with zero attached hydrogens (tertiary/aromatic N) is 1. The van der Waals surface area contributed by atoms with Crippen molar-refractivity contribution in [3.8, 4) is 11.1 Å². The van der Waals surface area contributed by atoms with E-state index in [0.29, 0.717) is 6.42 Å². The maximum Gasteiger partial charge on any atom is 0.335 e. The zero-order valence-corrected chi connectivity index (χ0v) is 15.5. The Kier molecular flexibility index (Phi) is 4.38. The summed E-state index contributed by atoms with van der Waals surface area (Å²) in [4.78, 5) is 24.7. The number of fused-ring (bicyclic) bond motifs is 1. The first-order valence-electron chi connectivity index (χ1n) is 8.52. The number of aromatic nitrogens is 1. The summed E-state index contributed by atoms with van der Waals surface area (Å²) in [5, 5.41) is 10.4. The molecular weight excluding hydrogens is 358 g/mol. The van der Waals surface area contributed by atoms with Crippen LogP contribution in [0.15, 0.2) is 71.7 Å². The van der Waals surface area contributed by atoms with Crippen LogP contribution in [0.25, 0.3) is 21.2 Å². The van der Waals surface area contributed by atoms with Gasteiger partial charge in [-0.25, -0.2) is 4.79 Å². The third kappa shape index (κ3) is 3.29. The van der Waals surface area contributed by atoms with E-state index in [-0.39, 0.29) is 11.1 Å². The van der Waals surface area contributed by atoms with E-state index in [1.165, 1.54) is 0 Å². The highest BCUT2D eigenvalue weighted by Gasteiger charge is 2.12. The van der Waals surface area contributed by atoms with Crippen LogP contribution in [0, 0.1) is 0 Å². The predicted octanol–water partition coefficient (Wildman–Crippen LogP) is 4.56. The molecule has 0 radical (unpaired) electrons. The number of carbonyl (C=O) groups is 1. The van der Waals surface area contributed by atoms with Crippen LogP contribution in [-0.4, -0.2) is 15.6 Å². The van der Waals surface area contributed by atoms with Gasteiger partial charge < -0.3 is 9.67 Å². The Bertz CT molecular complexity index is 1220. The fraction of sp³-hybridized carbons (Fsp3) is 0.0909. The van der Waals surface area contributed by atoms with E-state index < -0.39 is 5.97 Å². The molecule has 5 heteroatoms. The molecule has 4 rings (SSSR count). The third-order valence-corrected chi connectivity index (χ3v) is 5.77. The van der Waals surface area contributed by atoms with Crippen LogP contribution in [0.2, 0.25) is 0 Å². The summed E-state index contributed by atoms with van der Waals surface area (Å²) in [5.74, 6) is -0.934. The molecule has 27 heavy (non-hydrogen) atoms. The van der Waals surface area contributed by atoms with E-state index in [1.807, 2.05) is 36.4 Å². The van der Waals surface area contributed by atoms with Crippen LogP contribution in [0.4, 0.5) is 0 Å². The predicted molar refractivity (Wildman–Crippen MR) is 109 cm³/mol. The summed E-state index contributed by atoms with van der Waals surface area (Å²) in [6.07, 6.45) is 2.34. The summed E-state index contributed by atoms with van der Waals surface area (Å²) in [6.45, 7) is 0. The van der Waals surface area contributed by atoms with Gasteiger partial charge in [-0.3, -0.25) is 4.79 Å². The van der Waals surface area contributed by atoms with E-state index in [9.17, 15) is 14.7 Å². The van der Waals surface area contributed by atoms with Gasteiger partial charge >= 0.3 is 5.97 Å². The summed E-state index contributed by atoms with van der Waals surface area (Å²) in [7, 11) is 1.75. The van der Waals surface area contributed by atoms with Crippen molar-refractivity contribution in [1.82, 2.24) is 4.57 Å². The molecule has 0 aliphatic carbocycles. The summed E-state index contributed by atoms with van der Waals surface area (Å²) < 4.78 is 2.69. The minimum atomic E-state index is -0.934. The van der Waals surface area contributed by atoms with Crippen LogP contribution in [-0.2, 0) is 13.5 Å². The normalized spacial score (nSPS) is 11.0. The molecule has 2 aromatic carbocycles. The molecule has 0 spiro atoms. The van der Waals surface area contributed by atoms with Gasteiger partial charge in [-0.1, -0.05) is 36.4 Å². The van der Waals surface area contributed by atoms with E-state index in [0.717, 1.165) is 31.7 Å². The highest BCUT2D eigenvalue weighted by atomic mass is 32.1. The van der Waals surface area contributed by atoms with Gasteiger partial charge in [0, 0.05) is 34.8 Å². The number of aryl methyl sites for hydroxylation is 1. The third-order valence-electron chi connectivity index (χ3n) is 4.58. The average Bonchev–Trinajstić information content (AvgIpc) is 3.08. The molecule has 0 saturated heterocycles. The second-order valence-electron chi connectivity index (χ2n) is 6.45. The Morgan fingerprint density at radius 1 is 1.07 bits per heavy atom. The van der Waals surface area contributed by atoms with Crippen LogP contribution >= 0.6 is 11.3 Å². The van der Waals surface area contributed by atoms with Crippen molar-refractivity contribution in [3.05, 3.63) is 93.2 Å². The number of aromatic carboxylic acids is 1. The molecule has 2 heterocycles. The van der Waals surface area contributed by atoms with E-state index in [1.54, 1.807) is 47.3 Å². The van der Waals surface area contributed by atoms with Crippen LogP contribution in [0.3, 0.4) is 0 Å². The van der Waals surface area contributed by atoms with Gasteiger partial charge in [0.15, 0.2) is 0 Å². The number of thiophene rings is 1. The maximum absolute atomic E-state index is 12.3. The fourth-order valence-electron chi connectivity index (χ4n) is 3.23. The van der Waals surface area contributed by atoms with Crippen molar-refractivity contribution < 1.29 is 9.90 Å². The Morgan fingerprint density at radius 3 is 2.70 bits per heavy atom. The average molecular weight is 375 g/mol. The lowest BCUT2D eigenvalue weighted by Gasteiger charge is -2.04. The molecule has 0 amide bonds. The van der Waals surface area contributed by atoms with E-state index in [4.69, 9.17) is 0 Å². The molecule has 0 saturated carbocycles. The number of carboxylic acids is 1. The highest BCUT2D eigenvalue weighted by molar-refractivity contribution is 7.19. The van der Waals surface area contributed by atoms with E-state index in [2.05, 4.69) is 6.07 Å². The number of benzene rings is 2. The van der Waals surface area contributed by atoms with Gasteiger partial charge in [-0.2, -0.15) is 0 Å². The smallest absolute Gasteiger partial charge is 0.335 e. The molecule has 134 valence electrons. The van der Waals surface area contributed by atoms with Gasteiger partial charge in [0.1, 0.15) is 0 Å². The molecule has 0 unspecified atom stereocenters. The minimum absolute atomic E-state index is 0.0179. The number of rotatable bonds is 4. The van der Waals surface area contributed by atoms with Gasteiger partial charge in [-0.15, -0.1) is 11.3 Å².